The molecule has 0 radical (unpaired) electrons. The fraction of sp³-hybridized carbons (Fsp3) is 0.167. The number of nitrogens with two attached hydrogens (primary N) is 1. The molecule has 1 heterocycles. The molecule has 0 unspecified atom stereocenters. The monoisotopic (exact) mass is 259 g/mol. The first-order valence-electron chi connectivity index (χ1n) is 5.58. The maximum absolute atomic E-state index is 11.3. The topological polar surface area (TPSA) is 113 Å². The van der Waals surface area contributed by atoms with Crippen LogP contribution in [0.5, 0.6) is 0 Å². The summed E-state index contributed by atoms with van der Waals surface area (Å²) in [5.74, 6) is -0.0687. The molecule has 98 valence electrons. The second-order valence-corrected chi connectivity index (χ2v) is 4.17. The summed E-state index contributed by atoms with van der Waals surface area (Å²) in [6, 6.07) is 5.61. The van der Waals surface area contributed by atoms with Crippen LogP contribution in [0, 0.1) is 18.8 Å². The Morgan fingerprint density at radius 3 is 2.68 bits per heavy atom. The molecule has 1 aromatic heterocycles. The van der Waals surface area contributed by atoms with Crippen molar-refractivity contribution in [2.75, 3.05) is 11.1 Å². The zero-order chi connectivity index (χ0) is 14.0. The minimum Gasteiger partial charge on any atom is -0.383 e. The van der Waals surface area contributed by atoms with Gasteiger partial charge in [-0.2, -0.15) is 4.98 Å². The van der Waals surface area contributed by atoms with Crippen molar-refractivity contribution in [3.63, 3.8) is 0 Å². The van der Waals surface area contributed by atoms with Gasteiger partial charge in [0.2, 0.25) is 0 Å². The lowest BCUT2D eigenvalue weighted by Gasteiger charge is -2.09. The van der Waals surface area contributed by atoms with Crippen molar-refractivity contribution in [1.82, 2.24) is 9.97 Å². The molecule has 0 spiro atoms. The first-order chi connectivity index (χ1) is 9.01. The minimum absolute atomic E-state index is 0.0412. The lowest BCUT2D eigenvalue weighted by Crippen LogP contribution is -2.14. The highest BCUT2D eigenvalue weighted by molar-refractivity contribution is 5.75. The molecule has 0 aliphatic carbocycles. The van der Waals surface area contributed by atoms with E-state index in [1.165, 1.54) is 0 Å². The van der Waals surface area contributed by atoms with E-state index >= 15 is 0 Å². The van der Waals surface area contributed by atoms with Crippen molar-refractivity contribution in [2.45, 2.75) is 13.8 Å². The number of benzene rings is 1. The van der Waals surface area contributed by atoms with Gasteiger partial charge < -0.3 is 11.1 Å². The summed E-state index contributed by atoms with van der Waals surface area (Å²) in [4.78, 5) is 27.9. The van der Waals surface area contributed by atoms with Gasteiger partial charge in [-0.25, -0.2) is 4.79 Å². The molecule has 0 saturated heterocycles. The molecule has 2 aromatic rings. The van der Waals surface area contributed by atoms with Gasteiger partial charge in [0, 0.05) is 5.69 Å². The summed E-state index contributed by atoms with van der Waals surface area (Å²) in [5.41, 5.74) is 7.66. The molecule has 7 heteroatoms. The molecule has 19 heavy (non-hydrogen) atoms. The van der Waals surface area contributed by atoms with E-state index in [1.807, 2.05) is 32.0 Å². The first-order valence-corrected chi connectivity index (χ1v) is 5.58. The summed E-state index contributed by atoms with van der Waals surface area (Å²) in [6.45, 7) is 3.94. The fourth-order valence-electron chi connectivity index (χ4n) is 1.62. The zero-order valence-corrected chi connectivity index (χ0v) is 10.5. The van der Waals surface area contributed by atoms with E-state index in [9.17, 15) is 9.70 Å². The molecule has 1 aromatic carbocycles. The van der Waals surface area contributed by atoms with Crippen LogP contribution in [-0.4, -0.2) is 9.97 Å². The van der Waals surface area contributed by atoms with Gasteiger partial charge in [0.1, 0.15) is 5.82 Å². The van der Waals surface area contributed by atoms with Gasteiger partial charge in [-0.3, -0.25) is 4.98 Å². The molecule has 4 N–H and O–H groups in total. The van der Waals surface area contributed by atoms with Gasteiger partial charge in [0.05, 0.1) is 0 Å². The van der Waals surface area contributed by atoms with E-state index in [1.54, 1.807) is 0 Å². The van der Waals surface area contributed by atoms with Crippen LogP contribution in [0.25, 0.3) is 0 Å². The van der Waals surface area contributed by atoms with E-state index < -0.39 is 5.69 Å². The molecule has 0 atom stereocenters. The summed E-state index contributed by atoms with van der Waals surface area (Å²) >= 11 is 0. The molecule has 0 fully saturated rings. The third-order valence-corrected chi connectivity index (χ3v) is 2.80. The number of aromatic amines is 1. The smallest absolute Gasteiger partial charge is 0.348 e. The van der Waals surface area contributed by atoms with E-state index in [4.69, 9.17) is 5.73 Å². The van der Waals surface area contributed by atoms with E-state index in [2.05, 4.69) is 20.5 Å². The molecule has 0 amide bonds. The van der Waals surface area contributed by atoms with Crippen molar-refractivity contribution < 1.29 is 0 Å². The molecule has 0 aliphatic heterocycles. The van der Waals surface area contributed by atoms with Crippen LogP contribution in [0.4, 0.5) is 23.0 Å². The van der Waals surface area contributed by atoms with Crippen molar-refractivity contribution in [3.8, 4) is 0 Å². The van der Waals surface area contributed by atoms with E-state index in [-0.39, 0.29) is 17.3 Å². The Morgan fingerprint density at radius 1 is 1.32 bits per heavy atom. The lowest BCUT2D eigenvalue weighted by molar-refractivity contribution is 1.08. The molecular weight excluding hydrogens is 246 g/mol. The van der Waals surface area contributed by atoms with Crippen LogP contribution in [0.2, 0.25) is 0 Å². The first kappa shape index (κ1) is 12.7. The van der Waals surface area contributed by atoms with E-state index in [0.717, 1.165) is 11.1 Å². The summed E-state index contributed by atoms with van der Waals surface area (Å²) in [7, 11) is 0. The average Bonchev–Trinajstić information content (AvgIpc) is 2.33. The number of nitrogen functional groups attached to an aromatic ring is 1. The van der Waals surface area contributed by atoms with Crippen LogP contribution in [-0.2, 0) is 0 Å². The second-order valence-electron chi connectivity index (χ2n) is 4.17. The number of nitrogens with zero attached hydrogens (tertiary/aromatic N) is 2. The Balaban J connectivity index is 2.45. The highest BCUT2D eigenvalue weighted by atomic mass is 16.3. The van der Waals surface area contributed by atoms with Gasteiger partial charge in [-0.05, 0) is 42.3 Å². The van der Waals surface area contributed by atoms with Crippen LogP contribution >= 0.6 is 0 Å². The number of hydrogen-bond donors (Lipinski definition) is 3. The van der Waals surface area contributed by atoms with Crippen LogP contribution < -0.4 is 16.7 Å². The number of anilines is 3. The standard InChI is InChI=1S/C12H13N5O2/c1-6-3-4-8(5-7(6)2)14-11-9(17-19)10(13)15-12(18)16-11/h3-5H,1-2H3,(H4,13,14,15,16,18). The number of rotatable bonds is 3. The Kier molecular flexibility index (Phi) is 3.28. The summed E-state index contributed by atoms with van der Waals surface area (Å²) in [5, 5.41) is 5.65. The van der Waals surface area contributed by atoms with Crippen LogP contribution in [0.15, 0.2) is 28.2 Å². The molecule has 0 saturated carbocycles. The number of aryl methyl sites for hydroxylation is 2. The van der Waals surface area contributed by atoms with Crippen molar-refractivity contribution in [2.24, 2.45) is 5.18 Å². The summed E-state index contributed by atoms with van der Waals surface area (Å²) < 4.78 is 0. The molecule has 0 bridgehead atoms. The SMILES string of the molecule is Cc1ccc(Nc2nc(=O)[nH]c(N)c2N=O)cc1C. The fourth-order valence-corrected chi connectivity index (χ4v) is 1.62. The number of nitroso groups, excluding NO2 is 1. The molecule has 2 rings (SSSR count). The second kappa shape index (κ2) is 4.89. The number of hydrogen-bond acceptors (Lipinski definition) is 6. The maximum Gasteiger partial charge on any atom is 0.348 e. The van der Waals surface area contributed by atoms with Crippen molar-refractivity contribution >= 4 is 23.0 Å². The van der Waals surface area contributed by atoms with Crippen molar-refractivity contribution in [3.05, 3.63) is 44.7 Å². The summed E-state index contributed by atoms with van der Waals surface area (Å²) in [6.07, 6.45) is 0. The zero-order valence-electron chi connectivity index (χ0n) is 10.5. The Labute approximate surface area is 108 Å². The van der Waals surface area contributed by atoms with Gasteiger partial charge in [-0.1, -0.05) is 6.07 Å². The molecular formula is C12H13N5O2. The third-order valence-electron chi connectivity index (χ3n) is 2.80. The predicted octanol–water partition coefficient (Wildman–Crippen LogP) is 2.11. The maximum atomic E-state index is 11.3. The largest absolute Gasteiger partial charge is 0.383 e. The highest BCUT2D eigenvalue weighted by Crippen LogP contribution is 2.29. The highest BCUT2D eigenvalue weighted by Gasteiger charge is 2.11. The number of aromatic nitrogens is 2. The average molecular weight is 259 g/mol. The Morgan fingerprint density at radius 2 is 2.05 bits per heavy atom. The minimum atomic E-state index is -0.642. The predicted molar refractivity (Wildman–Crippen MR) is 73.9 cm³/mol. The van der Waals surface area contributed by atoms with Gasteiger partial charge in [0.15, 0.2) is 11.5 Å². The van der Waals surface area contributed by atoms with Crippen LogP contribution in [0.1, 0.15) is 11.1 Å². The molecule has 0 aliphatic rings. The van der Waals surface area contributed by atoms with Gasteiger partial charge in [-0.15, -0.1) is 4.91 Å². The normalized spacial score (nSPS) is 10.2. The van der Waals surface area contributed by atoms with Crippen molar-refractivity contribution in [1.29, 1.82) is 0 Å². The number of H-pyrrole nitrogens is 1. The van der Waals surface area contributed by atoms with Gasteiger partial charge >= 0.3 is 5.69 Å². The van der Waals surface area contributed by atoms with Crippen LogP contribution in [0.3, 0.4) is 0 Å². The van der Waals surface area contributed by atoms with Gasteiger partial charge in [0.25, 0.3) is 0 Å². The molecule has 7 nitrogen and oxygen atoms in total. The lowest BCUT2D eigenvalue weighted by atomic mass is 10.1. The Bertz CT molecular complexity index is 693. The Hall–Kier alpha value is -2.70. The third kappa shape index (κ3) is 2.59. The van der Waals surface area contributed by atoms with E-state index in [0.29, 0.717) is 5.69 Å². The quantitative estimate of drug-likeness (QED) is 0.730. The number of nitrogens with one attached hydrogen (secondary N) is 2.